The van der Waals surface area contributed by atoms with Crippen molar-refractivity contribution in [3.05, 3.63) is 52.7 Å². The summed E-state index contributed by atoms with van der Waals surface area (Å²) in [6.45, 7) is 7.11. The van der Waals surface area contributed by atoms with Gasteiger partial charge in [0.2, 0.25) is 0 Å². The molecule has 2 aliphatic heterocycles. The Bertz CT molecular complexity index is 827. The molecule has 1 amide bonds. The Labute approximate surface area is 165 Å². The average Bonchev–Trinajstić information content (AvgIpc) is 3.24. The van der Waals surface area contributed by atoms with E-state index in [1.807, 2.05) is 35.2 Å². The van der Waals surface area contributed by atoms with E-state index in [1.54, 1.807) is 6.20 Å². The van der Waals surface area contributed by atoms with Crippen LogP contribution in [0.4, 0.5) is 11.5 Å². The van der Waals surface area contributed by atoms with Crippen LogP contribution >= 0.6 is 11.6 Å². The summed E-state index contributed by atoms with van der Waals surface area (Å²) < 4.78 is 0. The maximum absolute atomic E-state index is 13.2. The van der Waals surface area contributed by atoms with Gasteiger partial charge < -0.3 is 14.7 Å². The molecule has 0 atom stereocenters. The number of aryl methyl sites for hydroxylation is 1. The topological polar surface area (TPSA) is 39.7 Å². The van der Waals surface area contributed by atoms with Gasteiger partial charge in [0.05, 0.1) is 5.56 Å². The highest BCUT2D eigenvalue weighted by Crippen LogP contribution is 2.27. The molecule has 0 bridgehead atoms. The van der Waals surface area contributed by atoms with Crippen LogP contribution in [-0.4, -0.2) is 55.1 Å². The van der Waals surface area contributed by atoms with Gasteiger partial charge in [0, 0.05) is 56.2 Å². The molecule has 0 radical (unpaired) electrons. The highest BCUT2D eigenvalue weighted by molar-refractivity contribution is 6.30. The van der Waals surface area contributed by atoms with Gasteiger partial charge in [-0.1, -0.05) is 17.7 Å². The van der Waals surface area contributed by atoms with Crippen LogP contribution < -0.4 is 9.80 Å². The lowest BCUT2D eigenvalue weighted by Crippen LogP contribution is -2.49. The number of halogens is 1. The van der Waals surface area contributed by atoms with Gasteiger partial charge in [-0.15, -0.1) is 0 Å². The molecule has 27 heavy (non-hydrogen) atoms. The Kier molecular flexibility index (Phi) is 5.21. The van der Waals surface area contributed by atoms with Crippen molar-refractivity contribution in [1.29, 1.82) is 0 Å². The van der Waals surface area contributed by atoms with Crippen molar-refractivity contribution in [2.75, 3.05) is 49.1 Å². The lowest BCUT2D eigenvalue weighted by atomic mass is 10.1. The predicted octanol–water partition coefficient (Wildman–Crippen LogP) is 3.61. The summed E-state index contributed by atoms with van der Waals surface area (Å²) in [5.74, 6) is 0.931. The summed E-state index contributed by atoms with van der Waals surface area (Å²) in [5.41, 5.74) is 3.10. The smallest absolute Gasteiger partial charge is 0.257 e. The molecule has 2 fully saturated rings. The number of pyridine rings is 1. The number of hydrogen-bond acceptors (Lipinski definition) is 4. The standard InChI is InChI=1S/C21H25ClN4O/c1-16-6-7-17(22)15-19(16)24-11-13-26(14-12-24)21(27)18-5-4-8-23-20(18)25-9-2-3-10-25/h4-8,15H,2-3,9-14H2,1H3. The lowest BCUT2D eigenvalue weighted by molar-refractivity contribution is 0.0747. The summed E-state index contributed by atoms with van der Waals surface area (Å²) in [4.78, 5) is 24.2. The molecular formula is C21H25ClN4O. The van der Waals surface area contributed by atoms with Gasteiger partial charge >= 0.3 is 0 Å². The van der Waals surface area contributed by atoms with Crippen LogP contribution in [0.3, 0.4) is 0 Å². The maximum atomic E-state index is 13.2. The first-order valence-electron chi connectivity index (χ1n) is 9.64. The van der Waals surface area contributed by atoms with Crippen LogP contribution in [0.5, 0.6) is 0 Å². The summed E-state index contributed by atoms with van der Waals surface area (Å²) in [7, 11) is 0. The molecular weight excluding hydrogens is 360 g/mol. The zero-order chi connectivity index (χ0) is 18.8. The number of hydrogen-bond donors (Lipinski definition) is 0. The highest BCUT2D eigenvalue weighted by atomic mass is 35.5. The molecule has 1 aromatic heterocycles. The van der Waals surface area contributed by atoms with Crippen molar-refractivity contribution in [2.24, 2.45) is 0 Å². The van der Waals surface area contributed by atoms with E-state index in [9.17, 15) is 4.79 Å². The molecule has 0 saturated carbocycles. The fourth-order valence-corrected chi connectivity index (χ4v) is 4.16. The second kappa shape index (κ2) is 7.77. The van der Waals surface area contributed by atoms with E-state index in [4.69, 9.17) is 11.6 Å². The SMILES string of the molecule is Cc1ccc(Cl)cc1N1CCN(C(=O)c2cccnc2N2CCCC2)CC1. The van der Waals surface area contributed by atoms with Crippen LogP contribution in [0.25, 0.3) is 0 Å². The Balaban J connectivity index is 1.47. The Morgan fingerprint density at radius 3 is 2.48 bits per heavy atom. The molecule has 0 spiro atoms. The van der Waals surface area contributed by atoms with Crippen molar-refractivity contribution in [1.82, 2.24) is 9.88 Å². The lowest BCUT2D eigenvalue weighted by Gasteiger charge is -2.37. The largest absolute Gasteiger partial charge is 0.368 e. The van der Waals surface area contributed by atoms with E-state index >= 15 is 0 Å². The Hall–Kier alpha value is -2.27. The first-order valence-corrected chi connectivity index (χ1v) is 10.0. The maximum Gasteiger partial charge on any atom is 0.257 e. The van der Waals surface area contributed by atoms with Crippen molar-refractivity contribution in [2.45, 2.75) is 19.8 Å². The van der Waals surface area contributed by atoms with Crippen LogP contribution in [0.1, 0.15) is 28.8 Å². The van der Waals surface area contributed by atoms with Gasteiger partial charge in [0.1, 0.15) is 5.82 Å². The Morgan fingerprint density at radius 1 is 1.00 bits per heavy atom. The molecule has 1 aromatic carbocycles. The van der Waals surface area contributed by atoms with Crippen LogP contribution in [0.15, 0.2) is 36.5 Å². The van der Waals surface area contributed by atoms with E-state index in [-0.39, 0.29) is 5.91 Å². The average molecular weight is 385 g/mol. The number of anilines is 2. The molecule has 2 saturated heterocycles. The first-order chi connectivity index (χ1) is 13.1. The van der Waals surface area contributed by atoms with E-state index in [0.29, 0.717) is 13.1 Å². The molecule has 0 aliphatic carbocycles. The number of nitrogens with zero attached hydrogens (tertiary/aromatic N) is 4. The van der Waals surface area contributed by atoms with Crippen LogP contribution in [0.2, 0.25) is 5.02 Å². The van der Waals surface area contributed by atoms with E-state index in [1.165, 1.54) is 18.4 Å². The number of benzene rings is 1. The molecule has 2 aromatic rings. The zero-order valence-corrected chi connectivity index (χ0v) is 16.5. The van der Waals surface area contributed by atoms with Gasteiger partial charge in [-0.25, -0.2) is 4.98 Å². The minimum Gasteiger partial charge on any atom is -0.368 e. The third-order valence-corrected chi connectivity index (χ3v) is 5.74. The molecule has 3 heterocycles. The number of carbonyl (C=O) groups is 1. The molecule has 5 nitrogen and oxygen atoms in total. The second-order valence-corrected chi connectivity index (χ2v) is 7.72. The third-order valence-electron chi connectivity index (χ3n) is 5.50. The van der Waals surface area contributed by atoms with Crippen molar-refractivity contribution >= 4 is 29.0 Å². The molecule has 4 rings (SSSR count). The van der Waals surface area contributed by atoms with Crippen molar-refractivity contribution < 1.29 is 4.79 Å². The van der Waals surface area contributed by atoms with Gasteiger partial charge in [0.15, 0.2) is 0 Å². The quantitative estimate of drug-likeness (QED) is 0.810. The molecule has 0 unspecified atom stereocenters. The van der Waals surface area contributed by atoms with Crippen molar-refractivity contribution in [3.8, 4) is 0 Å². The molecule has 142 valence electrons. The summed E-state index contributed by atoms with van der Waals surface area (Å²) in [6, 6.07) is 9.76. The van der Waals surface area contributed by atoms with Crippen molar-refractivity contribution in [3.63, 3.8) is 0 Å². The van der Waals surface area contributed by atoms with Gasteiger partial charge in [0.25, 0.3) is 5.91 Å². The monoisotopic (exact) mass is 384 g/mol. The zero-order valence-electron chi connectivity index (χ0n) is 15.7. The number of carbonyl (C=O) groups excluding carboxylic acids is 1. The van der Waals surface area contributed by atoms with Crippen LogP contribution in [0, 0.1) is 6.92 Å². The number of rotatable bonds is 3. The molecule has 6 heteroatoms. The minimum atomic E-state index is 0.0902. The number of piperazine rings is 1. The first kappa shape index (κ1) is 18.1. The normalized spacial score (nSPS) is 17.5. The minimum absolute atomic E-state index is 0.0902. The number of amides is 1. The van der Waals surface area contributed by atoms with Gasteiger partial charge in [-0.3, -0.25) is 4.79 Å². The predicted molar refractivity (Wildman–Crippen MR) is 110 cm³/mol. The van der Waals surface area contributed by atoms with E-state index in [2.05, 4.69) is 21.7 Å². The van der Waals surface area contributed by atoms with Crippen LogP contribution in [-0.2, 0) is 0 Å². The van der Waals surface area contributed by atoms with E-state index < -0.39 is 0 Å². The van der Waals surface area contributed by atoms with E-state index in [0.717, 1.165) is 48.3 Å². The second-order valence-electron chi connectivity index (χ2n) is 7.28. The van der Waals surface area contributed by atoms with Gasteiger partial charge in [-0.2, -0.15) is 0 Å². The van der Waals surface area contributed by atoms with Gasteiger partial charge in [-0.05, 0) is 49.6 Å². The summed E-state index contributed by atoms with van der Waals surface area (Å²) >= 11 is 6.17. The molecule has 2 aliphatic rings. The fraction of sp³-hybridized carbons (Fsp3) is 0.429. The third kappa shape index (κ3) is 3.74. The summed E-state index contributed by atoms with van der Waals surface area (Å²) in [5, 5.41) is 0.750. The Morgan fingerprint density at radius 2 is 1.74 bits per heavy atom. The highest BCUT2D eigenvalue weighted by Gasteiger charge is 2.27. The summed E-state index contributed by atoms with van der Waals surface area (Å²) in [6.07, 6.45) is 4.12. The number of aromatic nitrogens is 1. The molecule has 0 N–H and O–H groups in total. The fourth-order valence-electron chi connectivity index (χ4n) is 3.99.